The Morgan fingerprint density at radius 2 is 1.62 bits per heavy atom. The number of halogens is 1. The molecule has 4 rings (SSSR count). The number of benzene rings is 3. The minimum absolute atomic E-state index is 0.0817. The van der Waals surface area contributed by atoms with Gasteiger partial charge in [-0.05, 0) is 30.3 Å². The lowest BCUT2D eigenvalue weighted by Gasteiger charge is -2.13. The van der Waals surface area contributed by atoms with Gasteiger partial charge in [0.25, 0.3) is 5.56 Å². The number of carbonyl (C=O) groups is 1. The highest BCUT2D eigenvalue weighted by Crippen LogP contribution is 2.22. The van der Waals surface area contributed by atoms with Crippen molar-refractivity contribution in [3.8, 4) is 17.2 Å². The summed E-state index contributed by atoms with van der Waals surface area (Å²) in [5.41, 5.74) is 0.448. The fourth-order valence-electron chi connectivity index (χ4n) is 3.10. The summed E-state index contributed by atoms with van der Waals surface area (Å²) in [6.07, 6.45) is 1.43. The van der Waals surface area contributed by atoms with Gasteiger partial charge in [0.2, 0.25) is 0 Å². The van der Waals surface area contributed by atoms with E-state index in [0.717, 1.165) is 6.07 Å². The van der Waals surface area contributed by atoms with Crippen molar-refractivity contribution in [3.63, 3.8) is 0 Å². The zero-order chi connectivity index (χ0) is 20.4. The van der Waals surface area contributed by atoms with Crippen LogP contribution in [0.25, 0.3) is 16.5 Å². The van der Waals surface area contributed by atoms with Gasteiger partial charge in [0.15, 0.2) is 0 Å². The highest BCUT2D eigenvalue weighted by atomic mass is 19.1. The van der Waals surface area contributed by atoms with Crippen LogP contribution in [0, 0.1) is 5.82 Å². The number of esters is 1. The van der Waals surface area contributed by atoms with Crippen molar-refractivity contribution in [2.75, 3.05) is 7.11 Å². The summed E-state index contributed by atoms with van der Waals surface area (Å²) < 4.78 is 25.4. The second kappa shape index (κ2) is 7.59. The fraction of sp³-hybridized carbons (Fsp3) is 0.0435. The van der Waals surface area contributed by atoms with Gasteiger partial charge in [-0.3, -0.25) is 9.36 Å². The first kappa shape index (κ1) is 18.4. The van der Waals surface area contributed by atoms with E-state index in [4.69, 9.17) is 9.47 Å². The second-order valence-corrected chi connectivity index (χ2v) is 6.31. The number of carbonyl (C=O) groups excluding carboxylic acids is 1. The summed E-state index contributed by atoms with van der Waals surface area (Å²) in [5, 5.41) is 0.821. The minimum atomic E-state index is -0.691. The van der Waals surface area contributed by atoms with E-state index < -0.39 is 11.8 Å². The number of hydrogen-bond acceptors (Lipinski definition) is 4. The lowest BCUT2D eigenvalue weighted by Crippen LogP contribution is -2.22. The molecule has 3 aromatic carbocycles. The summed E-state index contributed by atoms with van der Waals surface area (Å²) >= 11 is 0. The smallest absolute Gasteiger partial charge is 0.345 e. The molecule has 29 heavy (non-hydrogen) atoms. The molecule has 0 aliphatic carbocycles. The normalized spacial score (nSPS) is 10.7. The Morgan fingerprint density at radius 1 is 0.897 bits per heavy atom. The number of nitrogens with zero attached hydrogens (tertiary/aromatic N) is 1. The van der Waals surface area contributed by atoms with E-state index in [-0.39, 0.29) is 16.9 Å². The molecule has 0 radical (unpaired) electrons. The van der Waals surface area contributed by atoms with Crippen LogP contribution in [0.5, 0.6) is 11.5 Å². The quantitative estimate of drug-likeness (QED) is 0.384. The summed E-state index contributed by atoms with van der Waals surface area (Å²) in [4.78, 5) is 25.9. The lowest BCUT2D eigenvalue weighted by atomic mass is 10.1. The number of pyridine rings is 1. The van der Waals surface area contributed by atoms with E-state index in [2.05, 4.69) is 0 Å². The summed E-state index contributed by atoms with van der Waals surface area (Å²) in [5.74, 6) is -0.547. The van der Waals surface area contributed by atoms with Crippen LogP contribution < -0.4 is 15.0 Å². The number of rotatable bonds is 4. The maximum absolute atomic E-state index is 13.4. The van der Waals surface area contributed by atoms with Gasteiger partial charge < -0.3 is 9.47 Å². The average molecular weight is 389 g/mol. The summed E-state index contributed by atoms with van der Waals surface area (Å²) in [7, 11) is 1.53. The van der Waals surface area contributed by atoms with Crippen molar-refractivity contribution in [2.45, 2.75) is 0 Å². The summed E-state index contributed by atoms with van der Waals surface area (Å²) in [6, 6.07) is 19.0. The van der Waals surface area contributed by atoms with E-state index in [9.17, 15) is 14.0 Å². The maximum atomic E-state index is 13.4. The van der Waals surface area contributed by atoms with E-state index in [1.54, 1.807) is 48.5 Å². The SMILES string of the molecule is COc1cccc(-n2cc(C(=O)Oc3cccc(F)c3)c3ccccc3c2=O)c1. The highest BCUT2D eigenvalue weighted by Gasteiger charge is 2.18. The molecule has 0 atom stereocenters. The van der Waals surface area contributed by atoms with Gasteiger partial charge in [-0.1, -0.05) is 30.3 Å². The highest BCUT2D eigenvalue weighted by molar-refractivity contribution is 6.04. The van der Waals surface area contributed by atoms with Crippen LogP contribution in [-0.2, 0) is 0 Å². The standard InChI is InChI=1S/C23H16FNO4/c1-28-17-8-5-7-16(13-17)25-14-21(19-10-2-3-11-20(19)22(25)26)23(27)29-18-9-4-6-15(24)12-18/h2-14H,1H3. The van der Waals surface area contributed by atoms with Crippen molar-refractivity contribution < 1.29 is 18.7 Å². The Balaban J connectivity index is 1.88. The average Bonchev–Trinajstić information content (AvgIpc) is 2.74. The van der Waals surface area contributed by atoms with E-state index in [1.807, 2.05) is 0 Å². The molecule has 1 heterocycles. The van der Waals surface area contributed by atoms with Gasteiger partial charge in [-0.15, -0.1) is 0 Å². The molecule has 0 bridgehead atoms. The molecule has 0 fully saturated rings. The van der Waals surface area contributed by atoms with Crippen LogP contribution >= 0.6 is 0 Å². The molecular formula is C23H16FNO4. The van der Waals surface area contributed by atoms with Crippen LogP contribution in [0.1, 0.15) is 10.4 Å². The molecule has 4 aromatic rings. The number of aromatic nitrogens is 1. The van der Waals surface area contributed by atoms with Gasteiger partial charge in [-0.2, -0.15) is 0 Å². The first-order chi connectivity index (χ1) is 14.1. The third-order valence-electron chi connectivity index (χ3n) is 4.48. The predicted molar refractivity (Wildman–Crippen MR) is 107 cm³/mol. The number of fused-ring (bicyclic) bond motifs is 1. The van der Waals surface area contributed by atoms with Crippen molar-refractivity contribution in [3.05, 3.63) is 101 Å². The van der Waals surface area contributed by atoms with Gasteiger partial charge in [0.1, 0.15) is 17.3 Å². The monoisotopic (exact) mass is 389 g/mol. The Hall–Kier alpha value is -3.93. The molecule has 0 saturated heterocycles. The fourth-order valence-corrected chi connectivity index (χ4v) is 3.10. The Bertz CT molecular complexity index is 1280. The lowest BCUT2D eigenvalue weighted by molar-refractivity contribution is 0.0736. The molecule has 6 heteroatoms. The third kappa shape index (κ3) is 3.60. The molecule has 0 unspecified atom stereocenters. The molecule has 0 spiro atoms. The second-order valence-electron chi connectivity index (χ2n) is 6.31. The van der Waals surface area contributed by atoms with Crippen LogP contribution in [0.2, 0.25) is 0 Å². The van der Waals surface area contributed by atoms with Gasteiger partial charge in [0, 0.05) is 29.1 Å². The van der Waals surface area contributed by atoms with Crippen LogP contribution in [-0.4, -0.2) is 17.6 Å². The Kier molecular flexibility index (Phi) is 4.83. The molecule has 0 N–H and O–H groups in total. The van der Waals surface area contributed by atoms with Crippen molar-refractivity contribution >= 4 is 16.7 Å². The first-order valence-electron chi connectivity index (χ1n) is 8.83. The number of ether oxygens (including phenoxy) is 2. The minimum Gasteiger partial charge on any atom is -0.497 e. The van der Waals surface area contributed by atoms with Gasteiger partial charge >= 0.3 is 5.97 Å². The van der Waals surface area contributed by atoms with E-state index in [1.165, 1.54) is 36.1 Å². The predicted octanol–water partition coefficient (Wildman–Crippen LogP) is 4.36. The van der Waals surface area contributed by atoms with Gasteiger partial charge in [0.05, 0.1) is 18.4 Å². The zero-order valence-electron chi connectivity index (χ0n) is 15.5. The Labute approximate surface area is 165 Å². The molecule has 0 aliphatic rings. The van der Waals surface area contributed by atoms with Gasteiger partial charge in [-0.25, -0.2) is 9.18 Å². The van der Waals surface area contributed by atoms with Crippen LogP contribution in [0.15, 0.2) is 83.8 Å². The van der Waals surface area contributed by atoms with E-state index in [0.29, 0.717) is 22.2 Å². The van der Waals surface area contributed by atoms with Crippen molar-refractivity contribution in [1.29, 1.82) is 0 Å². The summed E-state index contributed by atoms with van der Waals surface area (Å²) in [6.45, 7) is 0. The molecule has 1 aromatic heterocycles. The molecule has 0 amide bonds. The number of methoxy groups -OCH3 is 1. The van der Waals surface area contributed by atoms with Crippen molar-refractivity contribution in [2.24, 2.45) is 0 Å². The van der Waals surface area contributed by atoms with E-state index >= 15 is 0 Å². The topological polar surface area (TPSA) is 57.5 Å². The number of hydrogen-bond donors (Lipinski definition) is 0. The largest absolute Gasteiger partial charge is 0.497 e. The van der Waals surface area contributed by atoms with Crippen molar-refractivity contribution in [1.82, 2.24) is 4.57 Å². The Morgan fingerprint density at radius 3 is 2.38 bits per heavy atom. The van der Waals surface area contributed by atoms with Crippen LogP contribution in [0.3, 0.4) is 0 Å². The molecule has 0 saturated carbocycles. The molecule has 144 valence electrons. The first-order valence-corrected chi connectivity index (χ1v) is 8.83. The molecular weight excluding hydrogens is 373 g/mol. The van der Waals surface area contributed by atoms with Crippen LogP contribution in [0.4, 0.5) is 4.39 Å². The third-order valence-corrected chi connectivity index (χ3v) is 4.48. The zero-order valence-corrected chi connectivity index (χ0v) is 15.5. The maximum Gasteiger partial charge on any atom is 0.345 e. The molecule has 0 aliphatic heterocycles. The molecule has 5 nitrogen and oxygen atoms in total.